The molecule has 1 aliphatic rings. The van der Waals surface area contributed by atoms with Gasteiger partial charge < -0.3 is 5.32 Å². The molecule has 3 heteroatoms. The predicted octanol–water partition coefficient (Wildman–Crippen LogP) is 2.22. The second-order valence-electron chi connectivity index (χ2n) is 3.37. The van der Waals surface area contributed by atoms with Crippen molar-refractivity contribution in [1.29, 1.82) is 0 Å². The van der Waals surface area contributed by atoms with Gasteiger partial charge in [-0.3, -0.25) is 0 Å². The zero-order valence-corrected chi connectivity index (χ0v) is 7.19. The van der Waals surface area contributed by atoms with Gasteiger partial charge in [-0.15, -0.1) is 0 Å². The van der Waals surface area contributed by atoms with Crippen molar-refractivity contribution in [2.24, 2.45) is 0 Å². The Morgan fingerprint density at radius 2 is 2.08 bits per heavy atom. The Hall–Kier alpha value is -0.960. The van der Waals surface area contributed by atoms with E-state index >= 15 is 0 Å². The van der Waals surface area contributed by atoms with Gasteiger partial charge in [0.05, 0.1) is 0 Å². The fourth-order valence-electron chi connectivity index (χ4n) is 1.23. The molecule has 0 bridgehead atoms. The van der Waals surface area contributed by atoms with Crippen LogP contribution in [0.2, 0.25) is 0 Å². The molecule has 1 nitrogen and oxygen atoms in total. The summed E-state index contributed by atoms with van der Waals surface area (Å²) in [6.07, 6.45) is 2.30. The minimum atomic E-state index is -0.768. The van der Waals surface area contributed by atoms with Crippen molar-refractivity contribution in [2.75, 3.05) is 0 Å². The normalized spacial score (nSPS) is 16.2. The lowest BCUT2D eigenvalue weighted by Crippen LogP contribution is -2.16. The van der Waals surface area contributed by atoms with E-state index in [1.54, 1.807) is 6.07 Å². The Balaban J connectivity index is 2.05. The zero-order chi connectivity index (χ0) is 9.26. The highest BCUT2D eigenvalue weighted by molar-refractivity contribution is 5.18. The van der Waals surface area contributed by atoms with Crippen molar-refractivity contribution < 1.29 is 8.78 Å². The van der Waals surface area contributed by atoms with Crippen molar-refractivity contribution >= 4 is 0 Å². The van der Waals surface area contributed by atoms with Crippen LogP contribution in [-0.4, -0.2) is 6.04 Å². The van der Waals surface area contributed by atoms with Gasteiger partial charge in [0.1, 0.15) is 0 Å². The fraction of sp³-hybridized carbons (Fsp3) is 0.400. The van der Waals surface area contributed by atoms with Crippen molar-refractivity contribution in [1.82, 2.24) is 5.32 Å². The number of benzene rings is 1. The smallest absolute Gasteiger partial charge is 0.163 e. The molecule has 0 heterocycles. The third-order valence-corrected chi connectivity index (χ3v) is 2.19. The van der Waals surface area contributed by atoms with E-state index < -0.39 is 11.6 Å². The van der Waals surface area contributed by atoms with E-state index in [0.29, 0.717) is 18.2 Å². The molecule has 2 rings (SSSR count). The van der Waals surface area contributed by atoms with Crippen LogP contribution in [-0.2, 0) is 6.54 Å². The molecule has 70 valence electrons. The number of hydrogen-bond acceptors (Lipinski definition) is 1. The van der Waals surface area contributed by atoms with Crippen LogP contribution in [0.4, 0.5) is 8.78 Å². The van der Waals surface area contributed by atoms with E-state index in [9.17, 15) is 8.78 Å². The lowest BCUT2D eigenvalue weighted by Gasteiger charge is -2.04. The van der Waals surface area contributed by atoms with Crippen LogP contribution in [0, 0.1) is 11.6 Å². The summed E-state index contributed by atoms with van der Waals surface area (Å²) in [5, 5.41) is 3.13. The molecule has 0 aliphatic heterocycles. The van der Waals surface area contributed by atoms with E-state index in [2.05, 4.69) is 5.32 Å². The third kappa shape index (κ3) is 2.04. The Bertz CT molecular complexity index is 308. The molecule has 1 N–H and O–H groups in total. The summed E-state index contributed by atoms with van der Waals surface area (Å²) in [6.45, 7) is 0.425. The first kappa shape index (κ1) is 8.63. The Kier molecular flexibility index (Phi) is 2.27. The highest BCUT2D eigenvalue weighted by Gasteiger charge is 2.20. The van der Waals surface area contributed by atoms with Crippen LogP contribution in [0.15, 0.2) is 18.2 Å². The lowest BCUT2D eigenvalue weighted by molar-refractivity contribution is 0.492. The van der Waals surface area contributed by atoms with Crippen molar-refractivity contribution in [3.05, 3.63) is 35.4 Å². The van der Waals surface area contributed by atoms with Gasteiger partial charge in [-0.25, -0.2) is 8.78 Å². The van der Waals surface area contributed by atoms with Gasteiger partial charge in [-0.05, 0) is 18.9 Å². The zero-order valence-electron chi connectivity index (χ0n) is 7.19. The van der Waals surface area contributed by atoms with Crippen LogP contribution in [0.1, 0.15) is 18.4 Å². The second-order valence-corrected chi connectivity index (χ2v) is 3.37. The highest BCUT2D eigenvalue weighted by atomic mass is 19.2. The molecule has 0 saturated heterocycles. The van der Waals surface area contributed by atoms with E-state index in [-0.39, 0.29) is 0 Å². The predicted molar refractivity (Wildman–Crippen MR) is 46.2 cm³/mol. The molecule has 0 radical (unpaired) electrons. The van der Waals surface area contributed by atoms with E-state index in [0.717, 1.165) is 18.9 Å². The topological polar surface area (TPSA) is 12.0 Å². The third-order valence-electron chi connectivity index (χ3n) is 2.19. The second kappa shape index (κ2) is 3.42. The maximum absolute atomic E-state index is 13.1. The Morgan fingerprint density at radius 1 is 1.31 bits per heavy atom. The molecule has 1 aliphatic carbocycles. The van der Waals surface area contributed by atoms with Gasteiger partial charge in [0.15, 0.2) is 11.6 Å². The van der Waals surface area contributed by atoms with Gasteiger partial charge in [0.25, 0.3) is 0 Å². The van der Waals surface area contributed by atoms with Crippen LogP contribution >= 0.6 is 0 Å². The Labute approximate surface area is 75.8 Å². The van der Waals surface area contributed by atoms with Crippen molar-refractivity contribution in [2.45, 2.75) is 25.4 Å². The molecule has 1 aromatic carbocycles. The highest BCUT2D eigenvalue weighted by Crippen LogP contribution is 2.20. The van der Waals surface area contributed by atoms with Crippen LogP contribution in [0.3, 0.4) is 0 Å². The summed E-state index contributed by atoms with van der Waals surface area (Å²) in [7, 11) is 0. The quantitative estimate of drug-likeness (QED) is 0.757. The number of nitrogens with one attached hydrogen (secondary N) is 1. The lowest BCUT2D eigenvalue weighted by atomic mass is 10.2. The average molecular weight is 183 g/mol. The summed E-state index contributed by atoms with van der Waals surface area (Å²) >= 11 is 0. The average Bonchev–Trinajstić information content (AvgIpc) is 2.91. The number of rotatable bonds is 3. The first-order chi connectivity index (χ1) is 6.27. The summed E-state index contributed by atoms with van der Waals surface area (Å²) in [5.74, 6) is -1.49. The summed E-state index contributed by atoms with van der Waals surface area (Å²) < 4.78 is 25.8. The molecule has 0 atom stereocenters. The minimum Gasteiger partial charge on any atom is -0.310 e. The standard InChI is InChI=1S/C10H11F2N/c11-9-3-1-2-7(10(9)12)6-13-8-4-5-8/h1-3,8,13H,4-6H2. The van der Waals surface area contributed by atoms with Crippen molar-refractivity contribution in [3.63, 3.8) is 0 Å². The first-order valence-electron chi connectivity index (χ1n) is 4.43. The summed E-state index contributed by atoms with van der Waals surface area (Å²) in [6, 6.07) is 4.79. The van der Waals surface area contributed by atoms with Crippen LogP contribution < -0.4 is 5.32 Å². The molecular weight excluding hydrogens is 172 g/mol. The summed E-state index contributed by atoms with van der Waals surface area (Å²) in [4.78, 5) is 0. The monoisotopic (exact) mass is 183 g/mol. The summed E-state index contributed by atoms with van der Waals surface area (Å²) in [5.41, 5.74) is 0.409. The molecule has 0 amide bonds. The maximum Gasteiger partial charge on any atom is 0.163 e. The molecule has 0 aromatic heterocycles. The van der Waals surface area contributed by atoms with Crippen LogP contribution in [0.5, 0.6) is 0 Å². The van der Waals surface area contributed by atoms with E-state index in [4.69, 9.17) is 0 Å². The van der Waals surface area contributed by atoms with E-state index in [1.807, 2.05) is 0 Å². The van der Waals surface area contributed by atoms with Gasteiger partial charge in [0.2, 0.25) is 0 Å². The molecule has 0 spiro atoms. The first-order valence-corrected chi connectivity index (χ1v) is 4.43. The molecule has 1 saturated carbocycles. The van der Waals surface area contributed by atoms with Gasteiger partial charge in [-0.2, -0.15) is 0 Å². The fourth-order valence-corrected chi connectivity index (χ4v) is 1.23. The molecule has 1 aromatic rings. The SMILES string of the molecule is Fc1cccc(CNC2CC2)c1F. The van der Waals surface area contributed by atoms with Gasteiger partial charge in [-0.1, -0.05) is 12.1 Å². The largest absolute Gasteiger partial charge is 0.310 e. The molecule has 13 heavy (non-hydrogen) atoms. The molecular formula is C10H11F2N. The van der Waals surface area contributed by atoms with Crippen LogP contribution in [0.25, 0.3) is 0 Å². The van der Waals surface area contributed by atoms with Gasteiger partial charge in [0, 0.05) is 18.2 Å². The van der Waals surface area contributed by atoms with Crippen molar-refractivity contribution in [3.8, 4) is 0 Å². The van der Waals surface area contributed by atoms with Gasteiger partial charge >= 0.3 is 0 Å². The number of hydrogen-bond donors (Lipinski definition) is 1. The molecule has 0 unspecified atom stereocenters. The Morgan fingerprint density at radius 3 is 2.77 bits per heavy atom. The van der Waals surface area contributed by atoms with E-state index in [1.165, 1.54) is 6.07 Å². The number of halogens is 2. The maximum atomic E-state index is 13.1. The molecule has 1 fully saturated rings. The minimum absolute atomic E-state index is 0.409.